The van der Waals surface area contributed by atoms with E-state index in [2.05, 4.69) is 4.98 Å². The number of benzene rings is 1. The molecule has 23 heavy (non-hydrogen) atoms. The highest BCUT2D eigenvalue weighted by Crippen LogP contribution is 2.44. The fourth-order valence-electron chi connectivity index (χ4n) is 2.78. The van der Waals surface area contributed by atoms with E-state index in [1.807, 2.05) is 0 Å². The molecule has 2 aromatic rings. The summed E-state index contributed by atoms with van der Waals surface area (Å²) in [6.45, 7) is 0. The van der Waals surface area contributed by atoms with Crippen molar-refractivity contribution >= 4 is 5.78 Å². The summed E-state index contributed by atoms with van der Waals surface area (Å²) in [4.78, 5) is 16.3. The lowest BCUT2D eigenvalue weighted by atomic mass is 9.93. The summed E-state index contributed by atoms with van der Waals surface area (Å²) < 4.78 is 38.3. The number of hydrogen-bond donors (Lipinski definition) is 2. The minimum Gasteiger partial charge on any atom is -0.388 e. The Labute approximate surface area is 129 Å². The molecule has 0 saturated carbocycles. The van der Waals surface area contributed by atoms with Gasteiger partial charge in [-0.15, -0.1) is 0 Å². The fourth-order valence-corrected chi connectivity index (χ4v) is 2.78. The molecular weight excluding hydrogens is 311 g/mol. The summed E-state index contributed by atoms with van der Waals surface area (Å²) in [6.07, 6.45) is -6.08. The van der Waals surface area contributed by atoms with Crippen molar-refractivity contribution in [1.29, 1.82) is 0 Å². The Kier molecular flexibility index (Phi) is 3.69. The quantitative estimate of drug-likeness (QED) is 0.891. The largest absolute Gasteiger partial charge is 0.416 e. The molecule has 1 aromatic carbocycles. The number of ketones is 1. The first-order valence-electron chi connectivity index (χ1n) is 6.83. The van der Waals surface area contributed by atoms with Crippen LogP contribution in [0.3, 0.4) is 0 Å². The van der Waals surface area contributed by atoms with Crippen molar-refractivity contribution in [2.24, 2.45) is 5.92 Å². The zero-order valence-corrected chi connectivity index (χ0v) is 11.7. The molecule has 1 aliphatic carbocycles. The number of halogens is 3. The maximum absolute atomic E-state index is 12.8. The number of aromatic nitrogens is 1. The number of carbonyl (C=O) groups excluding carboxylic acids is 1. The molecule has 7 heteroatoms. The van der Waals surface area contributed by atoms with Crippen LogP contribution in [0.5, 0.6) is 0 Å². The Bertz CT molecular complexity index is 746. The maximum atomic E-state index is 12.8. The van der Waals surface area contributed by atoms with Crippen LogP contribution in [0.25, 0.3) is 0 Å². The molecule has 1 aliphatic rings. The molecule has 1 heterocycles. The third-order valence-corrected chi connectivity index (χ3v) is 3.94. The van der Waals surface area contributed by atoms with Gasteiger partial charge < -0.3 is 10.2 Å². The van der Waals surface area contributed by atoms with Crippen LogP contribution in [0.15, 0.2) is 42.6 Å². The Balaban J connectivity index is 1.99. The smallest absolute Gasteiger partial charge is 0.388 e. The summed E-state index contributed by atoms with van der Waals surface area (Å²) >= 11 is 0. The summed E-state index contributed by atoms with van der Waals surface area (Å²) in [7, 11) is 0. The van der Waals surface area contributed by atoms with Crippen molar-refractivity contribution < 1.29 is 28.2 Å². The number of rotatable bonds is 2. The molecule has 4 nitrogen and oxygen atoms in total. The van der Waals surface area contributed by atoms with Crippen molar-refractivity contribution in [3.63, 3.8) is 0 Å². The van der Waals surface area contributed by atoms with Crippen LogP contribution < -0.4 is 0 Å². The van der Waals surface area contributed by atoms with Gasteiger partial charge in [0.25, 0.3) is 0 Å². The highest BCUT2D eigenvalue weighted by Gasteiger charge is 2.45. The van der Waals surface area contributed by atoms with Gasteiger partial charge in [0.2, 0.25) is 0 Å². The molecular formula is C16H12F3NO3. The van der Waals surface area contributed by atoms with Crippen LogP contribution in [0.4, 0.5) is 13.2 Å². The van der Waals surface area contributed by atoms with Gasteiger partial charge in [0.1, 0.15) is 6.10 Å². The minimum atomic E-state index is -4.57. The van der Waals surface area contributed by atoms with E-state index in [0.717, 1.165) is 18.2 Å². The Hall–Kier alpha value is -2.25. The molecule has 3 rings (SSSR count). The van der Waals surface area contributed by atoms with Gasteiger partial charge in [-0.3, -0.25) is 9.78 Å². The second kappa shape index (κ2) is 5.43. The first-order chi connectivity index (χ1) is 10.8. The lowest BCUT2D eigenvalue weighted by Crippen LogP contribution is -2.23. The van der Waals surface area contributed by atoms with E-state index in [0.29, 0.717) is 0 Å². The lowest BCUT2D eigenvalue weighted by molar-refractivity contribution is -0.137. The first-order valence-corrected chi connectivity index (χ1v) is 6.83. The fraction of sp³-hybridized carbons (Fsp3) is 0.250. The van der Waals surface area contributed by atoms with Crippen LogP contribution in [0.2, 0.25) is 0 Å². The summed E-state index contributed by atoms with van der Waals surface area (Å²) in [5.41, 5.74) is -0.903. The number of hydrogen-bond acceptors (Lipinski definition) is 4. The molecule has 120 valence electrons. The molecule has 0 aliphatic heterocycles. The topological polar surface area (TPSA) is 70.4 Å². The van der Waals surface area contributed by atoms with Crippen LogP contribution in [-0.2, 0) is 6.18 Å². The van der Waals surface area contributed by atoms with E-state index < -0.39 is 35.6 Å². The molecule has 2 N–H and O–H groups in total. The molecule has 0 fully saturated rings. The number of aliphatic hydroxyl groups excluding tert-OH is 2. The summed E-state index contributed by atoms with van der Waals surface area (Å²) in [5, 5.41) is 20.6. The normalized spacial score (nSPS) is 22.0. The Morgan fingerprint density at radius 1 is 1.17 bits per heavy atom. The molecule has 0 radical (unpaired) electrons. The van der Waals surface area contributed by atoms with E-state index in [9.17, 15) is 28.2 Å². The molecule has 1 aromatic heterocycles. The van der Waals surface area contributed by atoms with Crippen molar-refractivity contribution in [3.8, 4) is 0 Å². The maximum Gasteiger partial charge on any atom is 0.416 e. The molecule has 0 amide bonds. The molecule has 0 spiro atoms. The SMILES string of the molecule is O=C1c2ccc(C(F)(F)F)cc2C(O)C1C(O)c1ccccn1. The van der Waals surface area contributed by atoms with E-state index >= 15 is 0 Å². The third-order valence-electron chi connectivity index (χ3n) is 3.94. The van der Waals surface area contributed by atoms with Gasteiger partial charge in [0.15, 0.2) is 5.78 Å². The average Bonchev–Trinajstić information content (AvgIpc) is 2.78. The summed E-state index contributed by atoms with van der Waals surface area (Å²) in [5.74, 6) is -1.87. The zero-order chi connectivity index (χ0) is 16.8. The number of Topliss-reactive ketones (excluding diaryl/α,β-unsaturated/α-hetero) is 1. The number of pyridine rings is 1. The summed E-state index contributed by atoms with van der Waals surface area (Å²) in [6, 6.07) is 7.28. The highest BCUT2D eigenvalue weighted by atomic mass is 19.4. The zero-order valence-electron chi connectivity index (χ0n) is 11.7. The van der Waals surface area contributed by atoms with Gasteiger partial charge in [-0.25, -0.2) is 0 Å². The number of alkyl halides is 3. The van der Waals surface area contributed by atoms with Gasteiger partial charge in [0.05, 0.1) is 23.3 Å². The second-order valence-electron chi connectivity index (χ2n) is 5.33. The van der Waals surface area contributed by atoms with Gasteiger partial charge >= 0.3 is 6.18 Å². The number of fused-ring (bicyclic) bond motifs is 1. The second-order valence-corrected chi connectivity index (χ2v) is 5.33. The van der Waals surface area contributed by atoms with Crippen LogP contribution in [0.1, 0.15) is 39.4 Å². The predicted octanol–water partition coefficient (Wildman–Crippen LogP) is 2.68. The number of aliphatic hydroxyl groups is 2. The van der Waals surface area contributed by atoms with Crippen LogP contribution in [-0.4, -0.2) is 21.0 Å². The van der Waals surface area contributed by atoms with Crippen molar-refractivity contribution in [1.82, 2.24) is 4.98 Å². The lowest BCUT2D eigenvalue weighted by Gasteiger charge is -2.20. The monoisotopic (exact) mass is 323 g/mol. The third kappa shape index (κ3) is 2.62. The predicted molar refractivity (Wildman–Crippen MR) is 73.4 cm³/mol. The van der Waals surface area contributed by atoms with E-state index in [1.54, 1.807) is 12.1 Å². The standard InChI is InChI=1S/C16H12F3NO3/c17-16(18,19)8-4-5-9-10(7-8)14(22)12(13(9)21)15(23)11-3-1-2-6-20-11/h1-7,12,14-15,22-23H. The Morgan fingerprint density at radius 2 is 1.91 bits per heavy atom. The van der Waals surface area contributed by atoms with Gasteiger partial charge in [-0.05, 0) is 29.8 Å². The highest BCUT2D eigenvalue weighted by molar-refractivity contribution is 6.03. The molecule has 3 atom stereocenters. The van der Waals surface area contributed by atoms with Crippen LogP contribution >= 0.6 is 0 Å². The van der Waals surface area contributed by atoms with E-state index in [-0.39, 0.29) is 16.8 Å². The number of carbonyl (C=O) groups is 1. The number of nitrogens with zero attached hydrogens (tertiary/aromatic N) is 1. The Morgan fingerprint density at radius 3 is 2.52 bits per heavy atom. The molecule has 0 saturated heterocycles. The van der Waals surface area contributed by atoms with Gasteiger partial charge in [0, 0.05) is 11.8 Å². The molecule has 3 unspecified atom stereocenters. The first kappa shape index (κ1) is 15.6. The van der Waals surface area contributed by atoms with Gasteiger partial charge in [-0.2, -0.15) is 13.2 Å². The van der Waals surface area contributed by atoms with Crippen LogP contribution in [0, 0.1) is 5.92 Å². The van der Waals surface area contributed by atoms with Crippen molar-refractivity contribution in [2.75, 3.05) is 0 Å². The van der Waals surface area contributed by atoms with Gasteiger partial charge in [-0.1, -0.05) is 12.1 Å². The van der Waals surface area contributed by atoms with E-state index in [1.165, 1.54) is 12.3 Å². The minimum absolute atomic E-state index is 0.00881. The van der Waals surface area contributed by atoms with E-state index in [4.69, 9.17) is 0 Å². The van der Waals surface area contributed by atoms with Crippen molar-refractivity contribution in [3.05, 3.63) is 65.0 Å². The van der Waals surface area contributed by atoms with Crippen molar-refractivity contribution in [2.45, 2.75) is 18.4 Å². The average molecular weight is 323 g/mol. The molecule has 0 bridgehead atoms.